The number of aliphatic imine (C=N–C) groups is 1. The van der Waals surface area contributed by atoms with E-state index in [1.165, 1.54) is 13.3 Å². The number of esters is 1. The predicted molar refractivity (Wildman–Crippen MR) is 194 cm³/mol. The van der Waals surface area contributed by atoms with Crippen molar-refractivity contribution in [3.05, 3.63) is 23.8 Å². The molecule has 0 radical (unpaired) electrons. The first kappa shape index (κ1) is 36.3. The highest BCUT2D eigenvalue weighted by atomic mass is 16.5. The number of phenolic OH excluding ortho intramolecular Hbond substituents is 1. The maximum atomic E-state index is 12.6. The molecule has 1 spiro atoms. The van der Waals surface area contributed by atoms with Gasteiger partial charge in [-0.15, -0.1) is 0 Å². The summed E-state index contributed by atoms with van der Waals surface area (Å²) in [5.41, 5.74) is 6.51. The van der Waals surface area contributed by atoms with Crippen LogP contribution in [0.15, 0.2) is 23.2 Å². The minimum Gasteiger partial charge on any atom is -0.504 e. The van der Waals surface area contributed by atoms with Gasteiger partial charge in [0.25, 0.3) is 0 Å². The van der Waals surface area contributed by atoms with Gasteiger partial charge in [0.05, 0.1) is 24.3 Å². The zero-order chi connectivity index (χ0) is 35.5. The molecule has 1 aromatic carbocycles. The summed E-state index contributed by atoms with van der Waals surface area (Å²) >= 11 is 0. The molecular formula is C39H58N6O6. The van der Waals surface area contributed by atoms with Crippen molar-refractivity contribution >= 4 is 11.9 Å². The summed E-state index contributed by atoms with van der Waals surface area (Å²) in [6.45, 7) is 7.47. The zero-order valence-corrected chi connectivity index (χ0v) is 30.1. The summed E-state index contributed by atoms with van der Waals surface area (Å²) in [5.74, 6) is 8.54. The van der Waals surface area contributed by atoms with Crippen molar-refractivity contribution in [1.82, 2.24) is 20.4 Å². The third kappa shape index (κ3) is 8.94. The first-order valence-electron chi connectivity index (χ1n) is 19.4. The Morgan fingerprint density at radius 3 is 2.67 bits per heavy atom. The molecule has 7 aliphatic rings. The maximum Gasteiger partial charge on any atom is 0.302 e. The zero-order valence-electron chi connectivity index (χ0n) is 30.1. The number of guanidine groups is 1. The number of rotatable bonds is 1. The van der Waals surface area contributed by atoms with Crippen LogP contribution in [0.5, 0.6) is 11.5 Å². The SMILES string of the molecule is CC(=O)O[C@H]1C[C@@H](O)CC[C@]2(C#C[C@H]3CCC[C@@H]4C[C@H](CCN4)Oc4cc(ccc4O)C[C@H]13)CNC(N)=NCN1C[C@H]3C[C@@H](C1)CN(C3)C[C@H]2O. The Morgan fingerprint density at radius 2 is 1.86 bits per heavy atom. The lowest BCUT2D eigenvalue weighted by atomic mass is 9.72. The minimum absolute atomic E-state index is 0.0102. The average molecular weight is 707 g/mol. The Bertz CT molecular complexity index is 1470. The summed E-state index contributed by atoms with van der Waals surface area (Å²) in [6, 6.07) is 5.77. The molecule has 12 atom stereocenters. The first-order valence-corrected chi connectivity index (χ1v) is 19.4. The van der Waals surface area contributed by atoms with E-state index in [1.807, 2.05) is 12.1 Å². The van der Waals surface area contributed by atoms with Crippen LogP contribution < -0.4 is 21.1 Å². The molecule has 3 saturated heterocycles. The van der Waals surface area contributed by atoms with Crippen LogP contribution in [0.3, 0.4) is 0 Å². The van der Waals surface area contributed by atoms with E-state index >= 15 is 0 Å². The Balaban J connectivity index is 1.28. The van der Waals surface area contributed by atoms with Crippen LogP contribution in [0.25, 0.3) is 0 Å². The van der Waals surface area contributed by atoms with Gasteiger partial charge in [-0.25, -0.2) is 4.99 Å². The summed E-state index contributed by atoms with van der Waals surface area (Å²) in [7, 11) is 0. The second-order valence-electron chi connectivity index (χ2n) is 16.4. The quantitative estimate of drug-likeness (QED) is 0.186. The highest BCUT2D eigenvalue weighted by Gasteiger charge is 2.43. The number of piperidine rings is 3. The molecule has 280 valence electrons. The summed E-state index contributed by atoms with van der Waals surface area (Å²) in [6.07, 6.45) is 5.04. The number of carbonyl (C=O) groups is 1. The second kappa shape index (κ2) is 15.9. The van der Waals surface area contributed by atoms with E-state index in [-0.39, 0.29) is 42.1 Å². The van der Waals surface area contributed by atoms with Crippen LogP contribution in [-0.2, 0) is 16.0 Å². The van der Waals surface area contributed by atoms with Crippen molar-refractivity contribution in [2.45, 2.75) is 102 Å². The molecule has 0 amide bonds. The van der Waals surface area contributed by atoms with E-state index < -0.39 is 23.7 Å². The molecule has 6 heterocycles. The number of fused-ring (bicyclic) bond motifs is 9. The molecule has 1 aromatic rings. The molecular weight excluding hydrogens is 648 g/mol. The standard InChI is InChI=1S/C39H58N6O6/c1-25(46)50-35-17-31(47)8-11-39(23-42-38(40)43-24-45-20-27-13-28(21-45)19-44(18-27)22-37(39)49)10-7-29-3-2-4-30-16-32(9-12-41-30)51-36-15-26(14-33(29)35)5-6-34(36)48/h5-6,15,27-33,35,37,41,47-49H,2-4,8-9,11-14,16-24H2,1H3,(H3,40,42,43)/t27-,28+,29-,30-,31+,32+,33+,35+,37-,39-/m1/s1. The Hall–Kier alpha value is -3.08. The monoisotopic (exact) mass is 706 g/mol. The van der Waals surface area contributed by atoms with Crippen molar-refractivity contribution in [1.29, 1.82) is 0 Å². The number of aliphatic hydroxyl groups is 2. The van der Waals surface area contributed by atoms with Gasteiger partial charge in [-0.05, 0) is 87.4 Å². The molecule has 1 aliphatic carbocycles. The molecule has 51 heavy (non-hydrogen) atoms. The number of hydrogen-bond donors (Lipinski definition) is 6. The largest absolute Gasteiger partial charge is 0.504 e. The summed E-state index contributed by atoms with van der Waals surface area (Å²) in [4.78, 5) is 22.1. The van der Waals surface area contributed by atoms with Crippen molar-refractivity contribution in [2.24, 2.45) is 39.8 Å². The number of aliphatic hydroxyl groups excluding tert-OH is 2. The average Bonchev–Trinajstić information content (AvgIpc) is 3.09. The fraction of sp³-hybridized carbons (Fsp3) is 0.744. The molecule has 8 rings (SSSR count). The van der Waals surface area contributed by atoms with E-state index in [9.17, 15) is 20.1 Å². The predicted octanol–water partition coefficient (Wildman–Crippen LogP) is 1.81. The first-order chi connectivity index (χ1) is 24.6. The van der Waals surface area contributed by atoms with Crippen LogP contribution >= 0.6 is 0 Å². The molecule has 8 bridgehead atoms. The lowest BCUT2D eigenvalue weighted by Crippen LogP contribution is -2.56. The normalized spacial score (nSPS) is 40.3. The van der Waals surface area contributed by atoms with E-state index in [1.54, 1.807) is 6.07 Å². The molecule has 0 saturated carbocycles. The topological polar surface area (TPSA) is 165 Å². The molecule has 7 N–H and O–H groups in total. The number of phenols is 1. The second-order valence-corrected chi connectivity index (χ2v) is 16.4. The molecule has 12 nitrogen and oxygen atoms in total. The third-order valence-electron chi connectivity index (χ3n) is 12.4. The number of benzene rings is 1. The lowest BCUT2D eigenvalue weighted by molar-refractivity contribution is -0.152. The van der Waals surface area contributed by atoms with E-state index in [0.717, 1.165) is 70.4 Å². The minimum atomic E-state index is -0.900. The number of nitrogens with two attached hydrogens (primary N) is 1. The highest BCUT2D eigenvalue weighted by Crippen LogP contribution is 2.39. The molecule has 6 aliphatic heterocycles. The number of carbonyl (C=O) groups excluding carboxylic acids is 1. The van der Waals surface area contributed by atoms with Crippen LogP contribution in [0, 0.1) is 40.9 Å². The third-order valence-corrected chi connectivity index (χ3v) is 12.4. The fourth-order valence-corrected chi connectivity index (χ4v) is 9.83. The van der Waals surface area contributed by atoms with Crippen LogP contribution in [-0.4, -0.2) is 120 Å². The van der Waals surface area contributed by atoms with Crippen LogP contribution in [0.4, 0.5) is 0 Å². The van der Waals surface area contributed by atoms with Gasteiger partial charge in [0.15, 0.2) is 17.5 Å². The smallest absolute Gasteiger partial charge is 0.302 e. The van der Waals surface area contributed by atoms with E-state index in [0.29, 0.717) is 62.6 Å². The number of nitrogens with zero attached hydrogens (tertiary/aromatic N) is 3. The maximum absolute atomic E-state index is 12.6. The van der Waals surface area contributed by atoms with Gasteiger partial charge in [-0.1, -0.05) is 24.3 Å². The van der Waals surface area contributed by atoms with Gasteiger partial charge in [-0.2, -0.15) is 0 Å². The summed E-state index contributed by atoms with van der Waals surface area (Å²) in [5, 5.41) is 41.7. The van der Waals surface area contributed by atoms with Crippen molar-refractivity contribution < 1.29 is 29.6 Å². The fourth-order valence-electron chi connectivity index (χ4n) is 9.83. The Morgan fingerprint density at radius 1 is 1.06 bits per heavy atom. The van der Waals surface area contributed by atoms with E-state index in [4.69, 9.17) is 20.2 Å². The van der Waals surface area contributed by atoms with Gasteiger partial charge >= 0.3 is 5.97 Å². The number of ether oxygens (including phenoxy) is 2. The lowest BCUT2D eigenvalue weighted by Gasteiger charge is -2.47. The molecule has 12 heteroatoms. The van der Waals surface area contributed by atoms with Crippen molar-refractivity contribution in [3.8, 4) is 23.3 Å². The van der Waals surface area contributed by atoms with Gasteiger partial charge < -0.3 is 46.1 Å². The number of hydrogen-bond acceptors (Lipinski definition) is 12. The van der Waals surface area contributed by atoms with Crippen LogP contribution in [0.2, 0.25) is 0 Å². The van der Waals surface area contributed by atoms with Gasteiger partial charge in [-0.3, -0.25) is 9.69 Å². The van der Waals surface area contributed by atoms with Gasteiger partial charge in [0, 0.05) is 70.5 Å². The Kier molecular flexibility index (Phi) is 11.3. The van der Waals surface area contributed by atoms with Crippen LogP contribution in [0.1, 0.15) is 70.3 Å². The molecule has 0 aromatic heterocycles. The van der Waals surface area contributed by atoms with E-state index in [2.05, 4.69) is 32.3 Å². The molecule has 3 fully saturated rings. The van der Waals surface area contributed by atoms with Gasteiger partial charge in [0.1, 0.15) is 12.2 Å². The number of nitrogens with one attached hydrogen (secondary N) is 2. The highest BCUT2D eigenvalue weighted by molar-refractivity contribution is 5.77. The van der Waals surface area contributed by atoms with Crippen molar-refractivity contribution in [2.75, 3.05) is 52.5 Å². The summed E-state index contributed by atoms with van der Waals surface area (Å²) < 4.78 is 12.4. The number of aromatic hydroxyl groups is 1. The Labute approximate surface area is 302 Å². The molecule has 2 unspecified atom stereocenters. The van der Waals surface area contributed by atoms with Crippen molar-refractivity contribution in [3.63, 3.8) is 0 Å². The van der Waals surface area contributed by atoms with Gasteiger partial charge in [0.2, 0.25) is 0 Å².